The lowest BCUT2D eigenvalue weighted by Crippen LogP contribution is -2.35. The van der Waals surface area contributed by atoms with E-state index in [4.69, 9.17) is 14.2 Å². The largest absolute Gasteiger partial charge is 0.489 e. The van der Waals surface area contributed by atoms with Gasteiger partial charge in [-0.05, 0) is 52.7 Å². The lowest BCUT2D eigenvalue weighted by molar-refractivity contribution is -0.0106. The number of benzene rings is 3. The molecule has 0 amide bonds. The number of hydrogen-bond donors (Lipinski definition) is 1. The van der Waals surface area contributed by atoms with Crippen molar-refractivity contribution in [1.82, 2.24) is 4.98 Å². The second kappa shape index (κ2) is 8.05. The third-order valence-electron chi connectivity index (χ3n) is 5.20. The molecule has 1 aromatic heterocycles. The van der Waals surface area contributed by atoms with Gasteiger partial charge in [-0.2, -0.15) is 0 Å². The normalized spacial score (nSPS) is 17.8. The van der Waals surface area contributed by atoms with Gasteiger partial charge in [-0.15, -0.1) is 0 Å². The predicted octanol–water partition coefficient (Wildman–Crippen LogP) is 4.69. The van der Waals surface area contributed by atoms with E-state index in [-0.39, 0.29) is 6.61 Å². The van der Waals surface area contributed by atoms with Gasteiger partial charge in [0.2, 0.25) is 0 Å². The van der Waals surface area contributed by atoms with Crippen molar-refractivity contribution in [3.8, 4) is 17.2 Å². The summed E-state index contributed by atoms with van der Waals surface area (Å²) in [4.78, 5) is 4.04. The van der Waals surface area contributed by atoms with Crippen LogP contribution in [0.25, 0.3) is 10.8 Å². The minimum atomic E-state index is -0.821. The molecule has 0 saturated heterocycles. The van der Waals surface area contributed by atoms with Gasteiger partial charge in [-0.25, -0.2) is 0 Å². The van der Waals surface area contributed by atoms with Crippen LogP contribution in [0.1, 0.15) is 17.2 Å². The first-order valence-electron chi connectivity index (χ1n) is 9.88. The first-order chi connectivity index (χ1) is 14.8. The molecule has 5 nitrogen and oxygen atoms in total. The van der Waals surface area contributed by atoms with Crippen LogP contribution in [0.5, 0.6) is 17.2 Å². The van der Waals surface area contributed by atoms with Crippen molar-refractivity contribution in [1.29, 1.82) is 0 Å². The minimum Gasteiger partial charge on any atom is -0.489 e. The van der Waals surface area contributed by atoms with Crippen molar-refractivity contribution in [2.24, 2.45) is 0 Å². The SMILES string of the molecule is O[C@@H]1c2cc(OCc3ccc4ccccc4c3)ccc2OC[C@@H]1Oc1cccnc1. The first-order valence-corrected chi connectivity index (χ1v) is 9.88. The molecule has 30 heavy (non-hydrogen) atoms. The molecule has 1 aliphatic heterocycles. The Balaban J connectivity index is 1.30. The summed E-state index contributed by atoms with van der Waals surface area (Å²) in [5.41, 5.74) is 1.74. The lowest BCUT2D eigenvalue weighted by atomic mass is 10.0. The average molecular weight is 399 g/mol. The number of aromatic nitrogens is 1. The van der Waals surface area contributed by atoms with Gasteiger partial charge < -0.3 is 19.3 Å². The Morgan fingerprint density at radius 1 is 0.933 bits per heavy atom. The molecule has 4 aromatic rings. The maximum Gasteiger partial charge on any atom is 0.163 e. The summed E-state index contributed by atoms with van der Waals surface area (Å²) in [7, 11) is 0. The quantitative estimate of drug-likeness (QED) is 0.528. The highest BCUT2D eigenvalue weighted by atomic mass is 16.5. The van der Waals surface area contributed by atoms with Crippen molar-refractivity contribution >= 4 is 10.8 Å². The van der Waals surface area contributed by atoms with Crippen LogP contribution in [-0.4, -0.2) is 22.8 Å². The van der Waals surface area contributed by atoms with Gasteiger partial charge in [-0.1, -0.05) is 36.4 Å². The van der Waals surface area contributed by atoms with E-state index < -0.39 is 12.2 Å². The summed E-state index contributed by atoms with van der Waals surface area (Å²) in [6.07, 6.45) is 1.95. The number of aliphatic hydroxyl groups excluding tert-OH is 1. The standard InChI is InChI=1S/C25H21NO4/c27-25-22-13-20(28-15-17-7-8-18-4-1-2-5-19(18)12-17)9-10-23(22)29-16-24(25)30-21-6-3-11-26-14-21/h1-14,24-25,27H,15-16H2/t24-,25+/m0/s1. The lowest BCUT2D eigenvalue weighted by Gasteiger charge is -2.30. The van der Waals surface area contributed by atoms with Crippen LogP contribution in [0.4, 0.5) is 0 Å². The maximum atomic E-state index is 10.8. The van der Waals surface area contributed by atoms with Gasteiger partial charge in [-0.3, -0.25) is 4.98 Å². The van der Waals surface area contributed by atoms with Gasteiger partial charge in [0.1, 0.15) is 36.6 Å². The fraction of sp³-hybridized carbons (Fsp3) is 0.160. The number of aliphatic hydroxyl groups is 1. The van der Waals surface area contributed by atoms with Crippen molar-refractivity contribution in [3.05, 3.63) is 96.3 Å². The molecule has 2 atom stereocenters. The Morgan fingerprint density at radius 3 is 2.70 bits per heavy atom. The summed E-state index contributed by atoms with van der Waals surface area (Å²) < 4.78 is 17.6. The van der Waals surface area contributed by atoms with Crippen LogP contribution in [0.15, 0.2) is 85.2 Å². The number of rotatable bonds is 5. The molecule has 2 heterocycles. The number of hydrogen-bond acceptors (Lipinski definition) is 5. The van der Waals surface area contributed by atoms with E-state index in [1.165, 1.54) is 10.8 Å². The fourth-order valence-corrected chi connectivity index (χ4v) is 3.63. The van der Waals surface area contributed by atoms with Gasteiger partial charge in [0.15, 0.2) is 6.10 Å². The smallest absolute Gasteiger partial charge is 0.163 e. The molecule has 0 bridgehead atoms. The van der Waals surface area contributed by atoms with E-state index >= 15 is 0 Å². The molecule has 3 aromatic carbocycles. The molecule has 5 rings (SSSR count). The van der Waals surface area contributed by atoms with E-state index in [1.54, 1.807) is 24.5 Å². The zero-order chi connectivity index (χ0) is 20.3. The van der Waals surface area contributed by atoms with E-state index in [0.29, 0.717) is 29.4 Å². The van der Waals surface area contributed by atoms with Gasteiger partial charge >= 0.3 is 0 Å². The van der Waals surface area contributed by atoms with E-state index in [0.717, 1.165) is 5.56 Å². The Labute approximate surface area is 174 Å². The van der Waals surface area contributed by atoms with Crippen LogP contribution < -0.4 is 14.2 Å². The van der Waals surface area contributed by atoms with Gasteiger partial charge in [0, 0.05) is 11.8 Å². The third-order valence-corrected chi connectivity index (χ3v) is 5.20. The Hall–Kier alpha value is -3.57. The molecule has 0 unspecified atom stereocenters. The average Bonchev–Trinajstić information content (AvgIpc) is 2.80. The number of fused-ring (bicyclic) bond motifs is 2. The molecule has 1 N–H and O–H groups in total. The first kappa shape index (κ1) is 18.5. The number of ether oxygens (including phenoxy) is 3. The van der Waals surface area contributed by atoms with Crippen molar-refractivity contribution in [2.45, 2.75) is 18.8 Å². The zero-order valence-electron chi connectivity index (χ0n) is 16.3. The second-order valence-electron chi connectivity index (χ2n) is 7.27. The van der Waals surface area contributed by atoms with Crippen molar-refractivity contribution < 1.29 is 19.3 Å². The van der Waals surface area contributed by atoms with Gasteiger partial charge in [0.05, 0.1) is 6.20 Å². The summed E-state index contributed by atoms with van der Waals surface area (Å²) >= 11 is 0. The topological polar surface area (TPSA) is 60.8 Å². The Bertz CT molecular complexity index is 1160. The molecule has 5 heteroatoms. The van der Waals surface area contributed by atoms with Crippen LogP contribution in [0.3, 0.4) is 0 Å². The highest BCUT2D eigenvalue weighted by Crippen LogP contribution is 2.36. The molecule has 0 fully saturated rings. The van der Waals surface area contributed by atoms with Crippen molar-refractivity contribution in [3.63, 3.8) is 0 Å². The molecular weight excluding hydrogens is 378 g/mol. The molecule has 0 spiro atoms. The molecule has 0 aliphatic carbocycles. The van der Waals surface area contributed by atoms with E-state index in [9.17, 15) is 5.11 Å². The summed E-state index contributed by atoms with van der Waals surface area (Å²) in [6, 6.07) is 23.6. The molecule has 0 saturated carbocycles. The second-order valence-corrected chi connectivity index (χ2v) is 7.27. The molecule has 1 aliphatic rings. The predicted molar refractivity (Wildman–Crippen MR) is 114 cm³/mol. The monoisotopic (exact) mass is 399 g/mol. The molecular formula is C25H21NO4. The van der Waals surface area contributed by atoms with Crippen LogP contribution >= 0.6 is 0 Å². The van der Waals surface area contributed by atoms with Crippen LogP contribution in [0.2, 0.25) is 0 Å². The molecule has 150 valence electrons. The minimum absolute atomic E-state index is 0.264. The third kappa shape index (κ3) is 3.80. The summed E-state index contributed by atoms with van der Waals surface area (Å²) in [6.45, 7) is 0.705. The zero-order valence-corrected chi connectivity index (χ0v) is 16.3. The maximum absolute atomic E-state index is 10.8. The fourth-order valence-electron chi connectivity index (χ4n) is 3.63. The van der Waals surface area contributed by atoms with Crippen LogP contribution in [0, 0.1) is 0 Å². The summed E-state index contributed by atoms with van der Waals surface area (Å²) in [5, 5.41) is 13.2. The Morgan fingerprint density at radius 2 is 1.83 bits per heavy atom. The van der Waals surface area contributed by atoms with E-state index in [1.807, 2.05) is 30.3 Å². The summed E-state index contributed by atoms with van der Waals surface area (Å²) in [5.74, 6) is 1.91. The van der Waals surface area contributed by atoms with E-state index in [2.05, 4.69) is 35.3 Å². The highest BCUT2D eigenvalue weighted by Gasteiger charge is 2.31. The van der Waals surface area contributed by atoms with Crippen molar-refractivity contribution in [2.75, 3.05) is 6.61 Å². The Kier molecular flexibility index (Phi) is 4.95. The van der Waals surface area contributed by atoms with Gasteiger partial charge in [0.25, 0.3) is 0 Å². The van der Waals surface area contributed by atoms with Crippen LogP contribution in [-0.2, 0) is 6.61 Å². The highest BCUT2D eigenvalue weighted by molar-refractivity contribution is 5.82. The molecule has 0 radical (unpaired) electrons. The number of pyridine rings is 1. The number of nitrogens with zero attached hydrogens (tertiary/aromatic N) is 1.